The largest absolute Gasteiger partial charge is 0.496 e. The Morgan fingerprint density at radius 2 is 1.51 bits per heavy atom. The molecule has 4 aromatic rings. The lowest BCUT2D eigenvalue weighted by molar-refractivity contribution is -0.123. The van der Waals surface area contributed by atoms with Crippen LogP contribution in [-0.2, 0) is 21.4 Å². The number of nitrogens with one attached hydrogen (secondary N) is 1. The lowest BCUT2D eigenvalue weighted by atomic mass is 10.1. The van der Waals surface area contributed by atoms with E-state index in [-0.39, 0.29) is 30.0 Å². The fourth-order valence-electron chi connectivity index (χ4n) is 4.14. The zero-order valence-electron chi connectivity index (χ0n) is 22.2. The van der Waals surface area contributed by atoms with E-state index in [4.69, 9.17) is 9.47 Å². The van der Waals surface area contributed by atoms with Gasteiger partial charge in [0.05, 0.1) is 30.3 Å². The molecule has 0 aliphatic carbocycles. The molecular formula is C31H32N2O5S. The number of anilines is 1. The molecule has 7 nitrogen and oxygen atoms in total. The minimum atomic E-state index is -3.84. The number of para-hydroxylation sites is 1. The number of aryl methyl sites for hydroxylation is 1. The number of carbonyl (C=O) groups is 1. The number of methoxy groups -OCH3 is 1. The van der Waals surface area contributed by atoms with Gasteiger partial charge in [-0.15, -0.1) is 0 Å². The number of nitrogens with zero attached hydrogens (tertiary/aromatic N) is 1. The molecule has 0 saturated carbocycles. The molecule has 1 N–H and O–H groups in total. The first-order valence-electron chi connectivity index (χ1n) is 12.6. The Kier molecular flexibility index (Phi) is 8.88. The number of carbonyl (C=O) groups excluding carboxylic acids is 1. The molecule has 0 aliphatic rings. The van der Waals surface area contributed by atoms with Crippen LogP contribution in [0.3, 0.4) is 0 Å². The maximum atomic E-state index is 13.6. The highest BCUT2D eigenvalue weighted by molar-refractivity contribution is 7.92. The van der Waals surface area contributed by atoms with Gasteiger partial charge in [0.25, 0.3) is 15.9 Å². The number of sulfonamides is 1. The molecule has 0 aromatic heterocycles. The summed E-state index contributed by atoms with van der Waals surface area (Å²) in [5.41, 5.74) is 3.19. The average molecular weight is 545 g/mol. The van der Waals surface area contributed by atoms with Crippen molar-refractivity contribution in [3.63, 3.8) is 0 Å². The zero-order chi connectivity index (χ0) is 27.8. The van der Waals surface area contributed by atoms with E-state index in [2.05, 4.69) is 5.32 Å². The number of ether oxygens (including phenoxy) is 2. The van der Waals surface area contributed by atoms with Crippen LogP contribution in [0.15, 0.2) is 108 Å². The van der Waals surface area contributed by atoms with Crippen LogP contribution in [-0.4, -0.2) is 28.0 Å². The molecular weight excluding hydrogens is 512 g/mol. The summed E-state index contributed by atoms with van der Waals surface area (Å²) in [6.45, 7) is 3.77. The molecule has 0 fully saturated rings. The van der Waals surface area contributed by atoms with Crippen LogP contribution in [0.25, 0.3) is 0 Å². The first kappa shape index (κ1) is 27.7. The molecule has 0 aliphatic heterocycles. The first-order valence-corrected chi connectivity index (χ1v) is 14.0. The molecule has 1 atom stereocenters. The van der Waals surface area contributed by atoms with Gasteiger partial charge in [-0.05, 0) is 61.9 Å². The highest BCUT2D eigenvalue weighted by atomic mass is 32.2. The predicted octanol–water partition coefficient (Wildman–Crippen LogP) is 5.66. The molecule has 39 heavy (non-hydrogen) atoms. The monoisotopic (exact) mass is 544 g/mol. The molecule has 0 unspecified atom stereocenters. The van der Waals surface area contributed by atoms with Crippen LogP contribution in [0, 0.1) is 6.92 Å². The van der Waals surface area contributed by atoms with Gasteiger partial charge >= 0.3 is 0 Å². The summed E-state index contributed by atoms with van der Waals surface area (Å²) in [4.78, 5) is 12.7. The van der Waals surface area contributed by atoms with Gasteiger partial charge in [0, 0.05) is 5.56 Å². The van der Waals surface area contributed by atoms with Gasteiger partial charge in [-0.3, -0.25) is 9.10 Å². The Morgan fingerprint density at radius 1 is 0.872 bits per heavy atom. The number of hydrogen-bond acceptors (Lipinski definition) is 5. The molecule has 4 rings (SSSR count). The van der Waals surface area contributed by atoms with Crippen molar-refractivity contribution < 1.29 is 22.7 Å². The maximum absolute atomic E-state index is 13.6. The van der Waals surface area contributed by atoms with Crippen molar-refractivity contribution in [2.24, 2.45) is 0 Å². The number of rotatable bonds is 11. The van der Waals surface area contributed by atoms with Crippen molar-refractivity contribution in [1.82, 2.24) is 5.32 Å². The average Bonchev–Trinajstić information content (AvgIpc) is 2.96. The Morgan fingerprint density at radius 3 is 2.18 bits per heavy atom. The number of hydrogen-bond donors (Lipinski definition) is 1. The molecule has 0 heterocycles. The van der Waals surface area contributed by atoms with E-state index >= 15 is 0 Å². The Bertz CT molecular complexity index is 1490. The van der Waals surface area contributed by atoms with Crippen LogP contribution in [0.2, 0.25) is 0 Å². The Balaban J connectivity index is 1.47. The van der Waals surface area contributed by atoms with E-state index in [1.165, 1.54) is 4.31 Å². The lowest BCUT2D eigenvalue weighted by Crippen LogP contribution is -2.31. The summed E-state index contributed by atoms with van der Waals surface area (Å²) in [7, 11) is -2.24. The SMILES string of the molecule is COc1ccccc1[C@H](C)NC(=O)COc1ccc(N(Cc2ccccc2)S(=O)(=O)c2ccc(C)cc2)cc1. The first-order chi connectivity index (χ1) is 18.8. The van der Waals surface area contributed by atoms with Crippen molar-refractivity contribution in [2.45, 2.75) is 31.3 Å². The summed E-state index contributed by atoms with van der Waals surface area (Å²) in [6, 6.07) is 30.1. The van der Waals surface area contributed by atoms with Crippen molar-refractivity contribution in [2.75, 3.05) is 18.0 Å². The molecule has 0 spiro atoms. The van der Waals surface area contributed by atoms with Crippen molar-refractivity contribution in [1.29, 1.82) is 0 Å². The van der Waals surface area contributed by atoms with Crippen LogP contribution in [0.4, 0.5) is 5.69 Å². The summed E-state index contributed by atoms with van der Waals surface area (Å²) in [5.74, 6) is 0.860. The molecule has 8 heteroatoms. The van der Waals surface area contributed by atoms with Crippen LogP contribution in [0.5, 0.6) is 11.5 Å². The van der Waals surface area contributed by atoms with Gasteiger partial charge in [0.1, 0.15) is 11.5 Å². The van der Waals surface area contributed by atoms with Crippen LogP contribution >= 0.6 is 0 Å². The highest BCUT2D eigenvalue weighted by Crippen LogP contribution is 2.28. The Labute approximate surface area is 230 Å². The highest BCUT2D eigenvalue weighted by Gasteiger charge is 2.25. The summed E-state index contributed by atoms with van der Waals surface area (Å²) in [5, 5.41) is 2.91. The molecule has 4 aromatic carbocycles. The molecule has 0 bridgehead atoms. The minimum Gasteiger partial charge on any atom is -0.496 e. The fourth-order valence-corrected chi connectivity index (χ4v) is 5.60. The second kappa shape index (κ2) is 12.5. The zero-order valence-corrected chi connectivity index (χ0v) is 23.0. The van der Waals surface area contributed by atoms with Gasteiger partial charge in [0.15, 0.2) is 6.61 Å². The summed E-state index contributed by atoms with van der Waals surface area (Å²) in [6.07, 6.45) is 0. The third kappa shape index (κ3) is 6.97. The number of amides is 1. The maximum Gasteiger partial charge on any atom is 0.264 e. The summed E-state index contributed by atoms with van der Waals surface area (Å²) < 4.78 is 39.7. The minimum absolute atomic E-state index is 0.167. The van der Waals surface area contributed by atoms with Gasteiger partial charge < -0.3 is 14.8 Å². The molecule has 0 saturated heterocycles. The normalized spacial score (nSPS) is 11.9. The molecule has 0 radical (unpaired) electrons. The molecule has 202 valence electrons. The smallest absolute Gasteiger partial charge is 0.264 e. The topological polar surface area (TPSA) is 84.9 Å². The van der Waals surface area contributed by atoms with E-state index in [9.17, 15) is 13.2 Å². The van der Waals surface area contributed by atoms with E-state index < -0.39 is 10.0 Å². The summed E-state index contributed by atoms with van der Waals surface area (Å²) >= 11 is 0. The predicted molar refractivity (Wildman–Crippen MR) is 152 cm³/mol. The number of benzene rings is 4. The third-order valence-corrected chi connectivity index (χ3v) is 8.04. The lowest BCUT2D eigenvalue weighted by Gasteiger charge is -2.25. The second-order valence-corrected chi connectivity index (χ2v) is 11.0. The van der Waals surface area contributed by atoms with Gasteiger partial charge in [-0.25, -0.2) is 8.42 Å². The van der Waals surface area contributed by atoms with E-state index in [0.717, 1.165) is 16.7 Å². The van der Waals surface area contributed by atoms with E-state index in [1.807, 2.05) is 68.4 Å². The van der Waals surface area contributed by atoms with Crippen molar-refractivity contribution >= 4 is 21.6 Å². The second-order valence-electron chi connectivity index (χ2n) is 9.12. The van der Waals surface area contributed by atoms with Crippen molar-refractivity contribution in [3.8, 4) is 11.5 Å². The molecule has 1 amide bonds. The fraction of sp³-hybridized carbons (Fsp3) is 0.194. The van der Waals surface area contributed by atoms with Gasteiger partial charge in [-0.1, -0.05) is 66.2 Å². The van der Waals surface area contributed by atoms with Crippen LogP contribution in [0.1, 0.15) is 29.7 Å². The van der Waals surface area contributed by atoms with E-state index in [1.54, 1.807) is 55.6 Å². The van der Waals surface area contributed by atoms with E-state index in [0.29, 0.717) is 17.2 Å². The quantitative estimate of drug-likeness (QED) is 0.264. The Hall–Kier alpha value is -4.30. The van der Waals surface area contributed by atoms with Crippen LogP contribution < -0.4 is 19.1 Å². The van der Waals surface area contributed by atoms with Gasteiger partial charge in [0.2, 0.25) is 0 Å². The van der Waals surface area contributed by atoms with Gasteiger partial charge in [-0.2, -0.15) is 0 Å². The van der Waals surface area contributed by atoms with Crippen molar-refractivity contribution in [3.05, 3.63) is 120 Å². The third-order valence-electron chi connectivity index (χ3n) is 6.26. The standard InChI is InChI=1S/C31H32N2O5S/c1-23-13-19-28(20-14-23)39(35,36)33(21-25-9-5-4-6-10-25)26-15-17-27(18-16-26)38-22-31(34)32-24(2)29-11-7-8-12-30(29)37-3/h4-20,24H,21-22H2,1-3H3,(H,32,34)/t24-/m0/s1.